The van der Waals surface area contributed by atoms with Crippen LogP contribution in [0.15, 0.2) is 24.3 Å². The van der Waals surface area contributed by atoms with Crippen molar-refractivity contribution in [3.63, 3.8) is 0 Å². The molecule has 3 rings (SSSR count). The van der Waals surface area contributed by atoms with Crippen molar-refractivity contribution < 1.29 is 27.1 Å². The Morgan fingerprint density at radius 2 is 1.96 bits per heavy atom. The molecule has 6 nitrogen and oxygen atoms in total. The smallest absolute Gasteiger partial charge is 0.311 e. The summed E-state index contributed by atoms with van der Waals surface area (Å²) < 4.78 is 54.2. The molecular formula is C14H16F2N2O4S. The van der Waals surface area contributed by atoms with Gasteiger partial charge in [0.05, 0.1) is 12.5 Å². The van der Waals surface area contributed by atoms with Gasteiger partial charge in [-0.15, -0.1) is 0 Å². The lowest BCUT2D eigenvalue weighted by Gasteiger charge is -2.20. The van der Waals surface area contributed by atoms with E-state index in [1.54, 1.807) is 24.3 Å². The van der Waals surface area contributed by atoms with Gasteiger partial charge in [0, 0.05) is 19.0 Å². The van der Waals surface area contributed by atoms with Gasteiger partial charge in [-0.25, -0.2) is 8.78 Å². The van der Waals surface area contributed by atoms with Crippen LogP contribution in [-0.4, -0.2) is 42.8 Å². The zero-order valence-corrected chi connectivity index (χ0v) is 12.9. The number of benzene rings is 1. The Bertz CT molecular complexity index is 738. The number of nitrogens with one attached hydrogen (secondary N) is 1. The van der Waals surface area contributed by atoms with Crippen molar-refractivity contribution in [1.29, 1.82) is 0 Å². The summed E-state index contributed by atoms with van der Waals surface area (Å²) in [6.07, 6.45) is -0.439. The summed E-state index contributed by atoms with van der Waals surface area (Å²) in [4.78, 5) is 11.3. The van der Waals surface area contributed by atoms with E-state index in [0.29, 0.717) is 15.4 Å². The van der Waals surface area contributed by atoms with Crippen LogP contribution in [0.5, 0.6) is 0 Å². The van der Waals surface area contributed by atoms with Crippen LogP contribution < -0.4 is 4.72 Å². The first kappa shape index (κ1) is 16.3. The van der Waals surface area contributed by atoms with E-state index < -0.39 is 47.0 Å². The van der Waals surface area contributed by atoms with Crippen molar-refractivity contribution in [2.45, 2.75) is 30.7 Å². The monoisotopic (exact) mass is 346 g/mol. The minimum absolute atomic E-state index is 0.0676. The largest absolute Gasteiger partial charge is 0.481 e. The highest BCUT2D eigenvalue weighted by atomic mass is 32.2. The fourth-order valence-corrected chi connectivity index (χ4v) is 4.57. The zero-order chi connectivity index (χ0) is 16.8. The summed E-state index contributed by atoms with van der Waals surface area (Å²) in [5.74, 6) is -4.86. The molecule has 1 aromatic carbocycles. The minimum atomic E-state index is -4.10. The number of alkyl halides is 2. The highest BCUT2D eigenvalue weighted by molar-refractivity contribution is 7.87. The average Bonchev–Trinajstić information content (AvgIpc) is 3.00. The van der Waals surface area contributed by atoms with Crippen molar-refractivity contribution >= 4 is 16.2 Å². The third-order valence-corrected chi connectivity index (χ3v) is 5.86. The number of carbonyl (C=O) groups is 1. The molecule has 1 heterocycles. The van der Waals surface area contributed by atoms with Crippen LogP contribution in [0.3, 0.4) is 0 Å². The summed E-state index contributed by atoms with van der Waals surface area (Å²) in [5.41, 5.74) is 1.13. The van der Waals surface area contributed by atoms with Crippen molar-refractivity contribution in [3.05, 3.63) is 35.4 Å². The van der Waals surface area contributed by atoms with E-state index in [1.807, 2.05) is 0 Å². The number of hydrogen-bond acceptors (Lipinski definition) is 3. The Hall–Kier alpha value is -1.58. The van der Waals surface area contributed by atoms with Crippen LogP contribution in [0.4, 0.5) is 8.78 Å². The van der Waals surface area contributed by atoms with E-state index in [-0.39, 0.29) is 13.0 Å². The second-order valence-electron chi connectivity index (χ2n) is 5.87. The highest BCUT2D eigenvalue weighted by Crippen LogP contribution is 2.41. The summed E-state index contributed by atoms with van der Waals surface area (Å²) in [7, 11) is -4.10. The molecule has 126 valence electrons. The van der Waals surface area contributed by atoms with Gasteiger partial charge in [0.25, 0.3) is 16.1 Å². The molecule has 0 unspecified atom stereocenters. The molecule has 0 bridgehead atoms. The lowest BCUT2D eigenvalue weighted by atomic mass is 10.0. The van der Waals surface area contributed by atoms with Gasteiger partial charge < -0.3 is 5.11 Å². The Labute approximate surface area is 132 Å². The second-order valence-corrected chi connectivity index (χ2v) is 7.57. The van der Waals surface area contributed by atoms with Gasteiger partial charge in [0.1, 0.15) is 0 Å². The average molecular weight is 346 g/mol. The number of fused-ring (bicyclic) bond motifs is 1. The van der Waals surface area contributed by atoms with Crippen molar-refractivity contribution in [1.82, 2.24) is 9.03 Å². The van der Waals surface area contributed by atoms with Crippen molar-refractivity contribution in [2.24, 2.45) is 0 Å². The number of nitrogens with zero attached hydrogens (tertiary/aromatic N) is 1. The van der Waals surface area contributed by atoms with Gasteiger partial charge in [-0.1, -0.05) is 24.3 Å². The Balaban J connectivity index is 1.82. The molecule has 2 N–H and O–H groups in total. The van der Waals surface area contributed by atoms with Crippen LogP contribution >= 0.6 is 0 Å². The molecule has 1 fully saturated rings. The van der Waals surface area contributed by atoms with E-state index >= 15 is 0 Å². The SMILES string of the molecule is O=C(O)[C@@H]1C[C@H](NS(=O)(=O)N2CCC(F)(F)C2)c2ccccc21. The number of carboxylic acid groups (broad SMARTS) is 1. The van der Waals surface area contributed by atoms with Crippen LogP contribution in [0.25, 0.3) is 0 Å². The van der Waals surface area contributed by atoms with Gasteiger partial charge in [0.2, 0.25) is 0 Å². The number of hydrogen-bond donors (Lipinski definition) is 2. The molecule has 9 heteroatoms. The first-order chi connectivity index (χ1) is 10.7. The van der Waals surface area contributed by atoms with Crippen LogP contribution in [-0.2, 0) is 15.0 Å². The van der Waals surface area contributed by atoms with Crippen LogP contribution in [0.2, 0.25) is 0 Å². The molecule has 1 aliphatic heterocycles. The lowest BCUT2D eigenvalue weighted by molar-refractivity contribution is -0.138. The van der Waals surface area contributed by atoms with Gasteiger partial charge >= 0.3 is 5.97 Å². The molecular weight excluding hydrogens is 330 g/mol. The summed E-state index contributed by atoms with van der Waals surface area (Å²) in [5, 5.41) is 9.27. The first-order valence-corrected chi connectivity index (χ1v) is 8.60. The van der Waals surface area contributed by atoms with Gasteiger partial charge in [-0.2, -0.15) is 17.4 Å². The molecule has 2 atom stereocenters. The molecule has 0 spiro atoms. The normalized spacial score (nSPS) is 27.0. The third-order valence-electron chi connectivity index (χ3n) is 4.28. The Kier molecular flexibility index (Phi) is 3.89. The number of aliphatic carboxylic acids is 1. The zero-order valence-electron chi connectivity index (χ0n) is 12.1. The highest BCUT2D eigenvalue weighted by Gasteiger charge is 2.45. The first-order valence-electron chi connectivity index (χ1n) is 7.16. The molecule has 0 amide bonds. The topological polar surface area (TPSA) is 86.7 Å². The maximum atomic E-state index is 13.2. The minimum Gasteiger partial charge on any atom is -0.481 e. The maximum Gasteiger partial charge on any atom is 0.311 e. The lowest BCUT2D eigenvalue weighted by Crippen LogP contribution is -2.41. The quantitative estimate of drug-likeness (QED) is 0.864. The predicted molar refractivity (Wildman–Crippen MR) is 77.4 cm³/mol. The van der Waals surface area contributed by atoms with E-state index in [1.165, 1.54) is 0 Å². The van der Waals surface area contributed by atoms with E-state index in [0.717, 1.165) is 0 Å². The second kappa shape index (κ2) is 5.50. The van der Waals surface area contributed by atoms with E-state index in [4.69, 9.17) is 0 Å². The standard InChI is InChI=1S/C14H16F2N2O4S/c15-14(16)5-6-18(8-14)23(21,22)17-12-7-11(13(19)20)9-3-1-2-4-10(9)12/h1-4,11-12,17H,5-8H2,(H,19,20)/t11-,12+/m1/s1. The van der Waals surface area contributed by atoms with Gasteiger partial charge in [-0.05, 0) is 17.5 Å². The van der Waals surface area contributed by atoms with Crippen molar-refractivity contribution in [2.75, 3.05) is 13.1 Å². The molecule has 2 aliphatic rings. The van der Waals surface area contributed by atoms with E-state index in [9.17, 15) is 27.1 Å². The van der Waals surface area contributed by atoms with E-state index in [2.05, 4.69) is 4.72 Å². The maximum absolute atomic E-state index is 13.2. The molecule has 0 radical (unpaired) electrons. The summed E-state index contributed by atoms with van der Waals surface area (Å²) in [6.45, 7) is -1.10. The molecule has 1 aliphatic carbocycles. The number of rotatable bonds is 4. The van der Waals surface area contributed by atoms with Crippen LogP contribution in [0.1, 0.15) is 35.9 Å². The Morgan fingerprint density at radius 1 is 1.30 bits per heavy atom. The molecule has 1 saturated heterocycles. The fourth-order valence-electron chi connectivity index (χ4n) is 3.14. The summed E-state index contributed by atoms with van der Waals surface area (Å²) in [6, 6.07) is 5.95. The number of halogens is 2. The predicted octanol–water partition coefficient (Wildman–Crippen LogP) is 1.48. The van der Waals surface area contributed by atoms with Gasteiger partial charge in [0.15, 0.2) is 0 Å². The third kappa shape index (κ3) is 3.08. The molecule has 1 aromatic rings. The number of carboxylic acids is 1. The van der Waals surface area contributed by atoms with Gasteiger partial charge in [-0.3, -0.25) is 4.79 Å². The molecule has 0 aromatic heterocycles. The Morgan fingerprint density at radius 3 is 2.52 bits per heavy atom. The van der Waals surface area contributed by atoms with Crippen molar-refractivity contribution in [3.8, 4) is 0 Å². The molecule has 23 heavy (non-hydrogen) atoms. The summed E-state index contributed by atoms with van der Waals surface area (Å²) >= 11 is 0. The fraction of sp³-hybridized carbons (Fsp3) is 0.500. The van der Waals surface area contributed by atoms with Crippen LogP contribution in [0, 0.1) is 0 Å². The molecule has 0 saturated carbocycles.